The minimum atomic E-state index is 0.513. The van der Waals surface area contributed by atoms with Gasteiger partial charge in [-0.05, 0) is 31.0 Å². The molecule has 1 rings (SSSR count). The molecule has 1 aromatic rings. The van der Waals surface area contributed by atoms with Gasteiger partial charge in [0.25, 0.3) is 0 Å². The van der Waals surface area contributed by atoms with E-state index in [1.807, 2.05) is 0 Å². The molecule has 3 heteroatoms. The summed E-state index contributed by atoms with van der Waals surface area (Å²) in [6.45, 7) is 9.71. The van der Waals surface area contributed by atoms with Crippen molar-refractivity contribution in [2.24, 2.45) is 0 Å². The van der Waals surface area contributed by atoms with Crippen LogP contribution in [0.4, 0.5) is 5.69 Å². The maximum atomic E-state index is 3.67. The number of hydrogen-bond donors (Lipinski definition) is 1. The molecule has 0 saturated heterocycles. The molecule has 1 N–H and O–H groups in total. The first-order chi connectivity index (χ1) is 8.45. The van der Waals surface area contributed by atoms with Gasteiger partial charge >= 0.3 is 0 Å². The first kappa shape index (κ1) is 15.5. The van der Waals surface area contributed by atoms with E-state index >= 15 is 0 Å². The molecule has 0 spiro atoms. The monoisotopic (exact) mass is 312 g/mol. The first-order valence-electron chi connectivity index (χ1n) is 6.70. The van der Waals surface area contributed by atoms with Gasteiger partial charge in [0.1, 0.15) is 0 Å². The second-order valence-corrected chi connectivity index (χ2v) is 6.03. The van der Waals surface area contributed by atoms with Gasteiger partial charge in [0.2, 0.25) is 0 Å². The summed E-state index contributed by atoms with van der Waals surface area (Å²) in [7, 11) is 2.15. The van der Waals surface area contributed by atoms with Gasteiger partial charge in [-0.3, -0.25) is 0 Å². The Morgan fingerprint density at radius 1 is 1.28 bits per heavy atom. The summed E-state index contributed by atoms with van der Waals surface area (Å²) in [5.74, 6) is 0. The van der Waals surface area contributed by atoms with Crippen LogP contribution in [0, 0.1) is 0 Å². The molecule has 0 radical (unpaired) electrons. The van der Waals surface area contributed by atoms with Gasteiger partial charge in [-0.2, -0.15) is 0 Å². The first-order valence-corrected chi connectivity index (χ1v) is 7.49. The Kier molecular flexibility index (Phi) is 6.16. The van der Waals surface area contributed by atoms with Crippen LogP contribution in [0.5, 0.6) is 0 Å². The van der Waals surface area contributed by atoms with Crippen molar-refractivity contribution in [3.63, 3.8) is 0 Å². The van der Waals surface area contributed by atoms with E-state index in [9.17, 15) is 0 Å². The van der Waals surface area contributed by atoms with Crippen molar-refractivity contribution < 1.29 is 0 Å². The molecule has 0 aliphatic heterocycles. The van der Waals surface area contributed by atoms with E-state index in [2.05, 4.69) is 79.1 Å². The van der Waals surface area contributed by atoms with Crippen molar-refractivity contribution in [3.8, 4) is 0 Å². The van der Waals surface area contributed by atoms with Gasteiger partial charge in [-0.1, -0.05) is 42.8 Å². The molecule has 18 heavy (non-hydrogen) atoms. The van der Waals surface area contributed by atoms with E-state index in [4.69, 9.17) is 0 Å². The van der Waals surface area contributed by atoms with E-state index in [0.717, 1.165) is 13.0 Å². The standard InChI is InChI=1S/C15H25BrN2/c1-6-12(4)18(5)14-8-7-13(15(16)9-14)10-17-11(2)3/h7-9,11-12,17H,6,10H2,1-5H3. The van der Waals surface area contributed by atoms with Crippen LogP contribution in [0.3, 0.4) is 0 Å². The number of hydrogen-bond acceptors (Lipinski definition) is 2. The minimum Gasteiger partial charge on any atom is -0.372 e. The number of nitrogens with zero attached hydrogens (tertiary/aromatic N) is 1. The molecule has 1 aromatic carbocycles. The highest BCUT2D eigenvalue weighted by Gasteiger charge is 2.09. The average Bonchev–Trinajstić information content (AvgIpc) is 2.35. The lowest BCUT2D eigenvalue weighted by atomic mass is 10.1. The normalized spacial score (nSPS) is 12.8. The summed E-state index contributed by atoms with van der Waals surface area (Å²) >= 11 is 3.67. The van der Waals surface area contributed by atoms with Crippen LogP contribution in [0.1, 0.15) is 39.7 Å². The zero-order valence-electron chi connectivity index (χ0n) is 12.1. The van der Waals surface area contributed by atoms with Gasteiger partial charge in [-0.25, -0.2) is 0 Å². The lowest BCUT2D eigenvalue weighted by Gasteiger charge is -2.26. The molecular formula is C15H25BrN2. The van der Waals surface area contributed by atoms with Crippen LogP contribution in [0.15, 0.2) is 22.7 Å². The zero-order chi connectivity index (χ0) is 13.7. The Morgan fingerprint density at radius 3 is 2.44 bits per heavy atom. The number of anilines is 1. The summed E-state index contributed by atoms with van der Waals surface area (Å²) in [4.78, 5) is 2.32. The highest BCUT2D eigenvalue weighted by atomic mass is 79.9. The molecule has 0 aromatic heterocycles. The van der Waals surface area contributed by atoms with E-state index < -0.39 is 0 Å². The number of halogens is 1. The predicted molar refractivity (Wildman–Crippen MR) is 84.3 cm³/mol. The largest absolute Gasteiger partial charge is 0.372 e. The molecule has 0 aliphatic rings. The molecule has 1 atom stereocenters. The molecule has 0 saturated carbocycles. The van der Waals surface area contributed by atoms with Crippen LogP contribution in [0.25, 0.3) is 0 Å². The van der Waals surface area contributed by atoms with Gasteiger partial charge in [0, 0.05) is 35.8 Å². The molecule has 0 bridgehead atoms. The Labute approximate surface area is 120 Å². The molecular weight excluding hydrogens is 288 g/mol. The fraction of sp³-hybridized carbons (Fsp3) is 0.600. The molecule has 0 fully saturated rings. The maximum absolute atomic E-state index is 3.67. The second kappa shape index (κ2) is 7.15. The zero-order valence-corrected chi connectivity index (χ0v) is 13.7. The maximum Gasteiger partial charge on any atom is 0.0377 e. The Balaban J connectivity index is 2.78. The fourth-order valence-corrected chi connectivity index (χ4v) is 2.25. The molecule has 0 heterocycles. The van der Waals surface area contributed by atoms with Crippen LogP contribution in [-0.4, -0.2) is 19.1 Å². The Bertz CT molecular complexity index is 377. The van der Waals surface area contributed by atoms with Crippen molar-refractivity contribution in [1.82, 2.24) is 5.32 Å². The average molecular weight is 313 g/mol. The summed E-state index contributed by atoms with van der Waals surface area (Å²) in [5, 5.41) is 3.44. The molecule has 0 amide bonds. The van der Waals surface area contributed by atoms with Gasteiger partial charge in [0.15, 0.2) is 0 Å². The number of nitrogens with one attached hydrogen (secondary N) is 1. The summed E-state index contributed by atoms with van der Waals surface area (Å²) in [6, 6.07) is 7.70. The third kappa shape index (κ3) is 4.29. The highest BCUT2D eigenvalue weighted by molar-refractivity contribution is 9.10. The van der Waals surface area contributed by atoms with E-state index in [1.165, 1.54) is 15.7 Å². The molecule has 0 aliphatic carbocycles. The number of rotatable bonds is 6. The third-order valence-corrected chi connectivity index (χ3v) is 4.13. The minimum absolute atomic E-state index is 0.513. The summed E-state index contributed by atoms with van der Waals surface area (Å²) < 4.78 is 1.18. The van der Waals surface area contributed by atoms with Crippen molar-refractivity contribution in [2.75, 3.05) is 11.9 Å². The highest BCUT2D eigenvalue weighted by Crippen LogP contribution is 2.25. The SMILES string of the molecule is CCC(C)N(C)c1ccc(CNC(C)C)c(Br)c1. The fourth-order valence-electron chi connectivity index (χ4n) is 1.74. The predicted octanol–water partition coefficient (Wildman–Crippen LogP) is 4.18. The third-order valence-electron chi connectivity index (χ3n) is 3.40. The smallest absolute Gasteiger partial charge is 0.0377 e. The van der Waals surface area contributed by atoms with Crippen molar-refractivity contribution in [2.45, 2.75) is 52.7 Å². The number of benzene rings is 1. The van der Waals surface area contributed by atoms with Gasteiger partial charge < -0.3 is 10.2 Å². The summed E-state index contributed by atoms with van der Waals surface area (Å²) in [6.07, 6.45) is 1.16. The Hall–Kier alpha value is -0.540. The van der Waals surface area contributed by atoms with Crippen LogP contribution in [-0.2, 0) is 6.54 Å². The van der Waals surface area contributed by atoms with E-state index in [0.29, 0.717) is 12.1 Å². The van der Waals surface area contributed by atoms with E-state index in [1.54, 1.807) is 0 Å². The van der Waals surface area contributed by atoms with Gasteiger partial charge in [-0.15, -0.1) is 0 Å². The van der Waals surface area contributed by atoms with Crippen molar-refractivity contribution in [1.29, 1.82) is 0 Å². The lowest BCUT2D eigenvalue weighted by Crippen LogP contribution is -2.28. The van der Waals surface area contributed by atoms with Crippen molar-refractivity contribution >= 4 is 21.6 Å². The van der Waals surface area contributed by atoms with Crippen molar-refractivity contribution in [3.05, 3.63) is 28.2 Å². The summed E-state index contributed by atoms with van der Waals surface area (Å²) in [5.41, 5.74) is 2.58. The molecule has 102 valence electrons. The van der Waals surface area contributed by atoms with Crippen LogP contribution < -0.4 is 10.2 Å². The van der Waals surface area contributed by atoms with E-state index in [-0.39, 0.29) is 0 Å². The topological polar surface area (TPSA) is 15.3 Å². The lowest BCUT2D eigenvalue weighted by molar-refractivity contribution is 0.587. The Morgan fingerprint density at radius 2 is 1.94 bits per heavy atom. The van der Waals surface area contributed by atoms with Crippen LogP contribution in [0.2, 0.25) is 0 Å². The van der Waals surface area contributed by atoms with Crippen LogP contribution >= 0.6 is 15.9 Å². The quantitative estimate of drug-likeness (QED) is 0.847. The molecule has 1 unspecified atom stereocenters. The molecule has 2 nitrogen and oxygen atoms in total. The second-order valence-electron chi connectivity index (χ2n) is 5.18. The van der Waals surface area contributed by atoms with Gasteiger partial charge in [0.05, 0.1) is 0 Å².